The number of hydrogen-bond acceptors (Lipinski definition) is 2. The van der Waals surface area contributed by atoms with Crippen LogP contribution in [0.3, 0.4) is 0 Å². The molecule has 1 atom stereocenters. The van der Waals surface area contributed by atoms with Gasteiger partial charge in [0.1, 0.15) is 5.75 Å². The van der Waals surface area contributed by atoms with Crippen LogP contribution in [-0.4, -0.2) is 22.6 Å². The molecule has 0 saturated carbocycles. The first-order valence-corrected chi connectivity index (χ1v) is 9.10. The van der Waals surface area contributed by atoms with Crippen LogP contribution in [0.25, 0.3) is 5.69 Å². The molecule has 1 aliphatic heterocycles. The number of carbonyl (C=O) groups excluding carboxylic acids is 1. The van der Waals surface area contributed by atoms with E-state index < -0.39 is 0 Å². The number of ether oxygens (including phenoxy) is 1. The minimum atomic E-state index is -0.0743. The number of para-hydroxylation sites is 1. The normalized spacial score (nSPS) is 15.5. The van der Waals surface area contributed by atoms with Gasteiger partial charge >= 0.3 is 6.03 Å². The van der Waals surface area contributed by atoms with Crippen molar-refractivity contribution in [1.29, 1.82) is 0 Å². The third-order valence-corrected chi connectivity index (χ3v) is 5.11. The number of aromatic nitrogens is 1. The zero-order valence-corrected chi connectivity index (χ0v) is 15.6. The molecule has 1 aromatic heterocycles. The lowest BCUT2D eigenvalue weighted by atomic mass is 10.1. The van der Waals surface area contributed by atoms with Crippen molar-refractivity contribution in [3.63, 3.8) is 0 Å². The fourth-order valence-corrected chi connectivity index (χ4v) is 3.62. The molecule has 3 aromatic rings. The van der Waals surface area contributed by atoms with Crippen LogP contribution in [0.2, 0.25) is 0 Å². The Morgan fingerprint density at radius 2 is 2.00 bits per heavy atom. The Labute approximate surface area is 159 Å². The summed E-state index contributed by atoms with van der Waals surface area (Å²) in [7, 11) is 1.64. The van der Waals surface area contributed by atoms with Crippen molar-refractivity contribution in [3.8, 4) is 11.4 Å². The first-order chi connectivity index (χ1) is 13.2. The molecule has 5 nitrogen and oxygen atoms in total. The van der Waals surface area contributed by atoms with Crippen molar-refractivity contribution in [3.05, 3.63) is 83.7 Å². The third kappa shape index (κ3) is 3.28. The number of carbonyl (C=O) groups is 1. The van der Waals surface area contributed by atoms with E-state index in [0.717, 1.165) is 28.3 Å². The zero-order chi connectivity index (χ0) is 18.8. The summed E-state index contributed by atoms with van der Waals surface area (Å²) in [5, 5.41) is 3.05. The minimum absolute atomic E-state index is 0.0299. The van der Waals surface area contributed by atoms with Gasteiger partial charge < -0.3 is 19.5 Å². The van der Waals surface area contributed by atoms with Gasteiger partial charge in [0.05, 0.1) is 25.4 Å². The number of rotatable bonds is 3. The van der Waals surface area contributed by atoms with Gasteiger partial charge in [-0.3, -0.25) is 0 Å². The predicted octanol–water partition coefficient (Wildman–Crippen LogP) is 4.27. The lowest BCUT2D eigenvalue weighted by molar-refractivity contribution is 0.175. The van der Waals surface area contributed by atoms with E-state index in [9.17, 15) is 4.79 Å². The van der Waals surface area contributed by atoms with Gasteiger partial charge in [-0.05, 0) is 48.4 Å². The number of benzene rings is 2. The van der Waals surface area contributed by atoms with Gasteiger partial charge in [0.25, 0.3) is 0 Å². The van der Waals surface area contributed by atoms with Gasteiger partial charge in [0.15, 0.2) is 0 Å². The summed E-state index contributed by atoms with van der Waals surface area (Å²) in [5.74, 6) is 0.789. The molecule has 0 saturated heterocycles. The van der Waals surface area contributed by atoms with Crippen molar-refractivity contribution >= 4 is 6.03 Å². The maximum Gasteiger partial charge on any atom is 0.318 e. The van der Waals surface area contributed by atoms with Crippen LogP contribution in [0, 0.1) is 0 Å². The highest BCUT2D eigenvalue weighted by atomic mass is 16.5. The molecule has 5 heteroatoms. The lowest BCUT2D eigenvalue weighted by Crippen LogP contribution is -2.40. The van der Waals surface area contributed by atoms with E-state index in [1.165, 1.54) is 0 Å². The lowest BCUT2D eigenvalue weighted by Gasteiger charge is -2.27. The largest absolute Gasteiger partial charge is 0.497 e. The Balaban J connectivity index is 1.57. The zero-order valence-electron chi connectivity index (χ0n) is 15.6. The molecule has 0 spiro atoms. The van der Waals surface area contributed by atoms with Gasteiger partial charge in [-0.25, -0.2) is 4.79 Å². The van der Waals surface area contributed by atoms with E-state index in [0.29, 0.717) is 13.1 Å². The molecule has 2 amide bonds. The molecular weight excluding hydrogens is 338 g/mol. The highest BCUT2D eigenvalue weighted by Crippen LogP contribution is 2.31. The van der Waals surface area contributed by atoms with E-state index >= 15 is 0 Å². The first-order valence-electron chi connectivity index (χ1n) is 9.10. The average molecular weight is 361 g/mol. The number of nitrogens with one attached hydrogen (secondary N) is 1. The van der Waals surface area contributed by atoms with E-state index in [1.54, 1.807) is 7.11 Å². The fraction of sp³-hybridized carbons (Fsp3) is 0.227. The van der Waals surface area contributed by atoms with Crippen LogP contribution in [0.4, 0.5) is 4.79 Å². The monoisotopic (exact) mass is 361 g/mol. The summed E-state index contributed by atoms with van der Waals surface area (Å²) in [4.78, 5) is 14.9. The minimum Gasteiger partial charge on any atom is -0.497 e. The maximum atomic E-state index is 13.0. The van der Waals surface area contributed by atoms with Crippen LogP contribution in [0.1, 0.15) is 29.8 Å². The van der Waals surface area contributed by atoms with Gasteiger partial charge in [-0.2, -0.15) is 0 Å². The second-order valence-electron chi connectivity index (χ2n) is 6.75. The van der Waals surface area contributed by atoms with Crippen molar-refractivity contribution < 1.29 is 9.53 Å². The van der Waals surface area contributed by atoms with Crippen LogP contribution < -0.4 is 10.1 Å². The summed E-state index contributed by atoms with van der Waals surface area (Å²) >= 11 is 0. The predicted molar refractivity (Wildman–Crippen MR) is 105 cm³/mol. The standard InChI is InChI=1S/C22H23N3O2/c1-16-20-11-6-12-24(20)21-10-4-3-8-18(21)15-25(16)22(26)23-14-17-7-5-9-19(13-17)27-2/h3-13,16H,14-15H2,1-2H3,(H,23,26)/t16-/m0/s1. The van der Waals surface area contributed by atoms with Crippen LogP contribution in [-0.2, 0) is 13.1 Å². The topological polar surface area (TPSA) is 46.5 Å². The Kier molecular flexibility index (Phi) is 4.59. The smallest absolute Gasteiger partial charge is 0.318 e. The molecule has 27 heavy (non-hydrogen) atoms. The molecular formula is C22H23N3O2. The van der Waals surface area contributed by atoms with Crippen LogP contribution in [0.15, 0.2) is 66.9 Å². The number of nitrogens with zero attached hydrogens (tertiary/aromatic N) is 2. The van der Waals surface area contributed by atoms with Gasteiger partial charge in [-0.1, -0.05) is 30.3 Å². The molecule has 0 bridgehead atoms. The average Bonchev–Trinajstić information content (AvgIpc) is 3.16. The highest BCUT2D eigenvalue weighted by molar-refractivity contribution is 5.75. The summed E-state index contributed by atoms with van der Waals surface area (Å²) in [6.45, 7) is 3.10. The third-order valence-electron chi connectivity index (χ3n) is 5.11. The Bertz CT molecular complexity index is 963. The Morgan fingerprint density at radius 3 is 2.85 bits per heavy atom. The highest BCUT2D eigenvalue weighted by Gasteiger charge is 2.28. The Hall–Kier alpha value is -3.21. The van der Waals surface area contributed by atoms with Crippen molar-refractivity contribution in [2.45, 2.75) is 26.1 Å². The fourth-order valence-electron chi connectivity index (χ4n) is 3.62. The number of methoxy groups -OCH3 is 1. The second-order valence-corrected chi connectivity index (χ2v) is 6.75. The molecule has 2 aromatic carbocycles. The molecule has 0 fully saturated rings. The van der Waals surface area contributed by atoms with Gasteiger partial charge in [0, 0.05) is 18.4 Å². The SMILES string of the molecule is COc1cccc(CNC(=O)N2Cc3ccccc3-n3cccc3[C@@H]2C)c1. The van der Waals surface area contributed by atoms with E-state index in [4.69, 9.17) is 4.74 Å². The molecule has 0 radical (unpaired) electrons. The summed E-state index contributed by atoms with van der Waals surface area (Å²) in [6.07, 6.45) is 2.06. The Morgan fingerprint density at radius 1 is 1.15 bits per heavy atom. The first kappa shape index (κ1) is 17.2. The molecule has 0 aliphatic carbocycles. The van der Waals surface area contributed by atoms with Crippen molar-refractivity contribution in [2.24, 2.45) is 0 Å². The molecule has 1 aliphatic rings. The van der Waals surface area contributed by atoms with Gasteiger partial charge in [-0.15, -0.1) is 0 Å². The van der Waals surface area contributed by atoms with E-state index in [-0.39, 0.29) is 12.1 Å². The molecule has 0 unspecified atom stereocenters. The maximum absolute atomic E-state index is 13.0. The number of urea groups is 1. The number of amides is 2. The van der Waals surface area contributed by atoms with E-state index in [1.807, 2.05) is 47.4 Å². The summed E-state index contributed by atoms with van der Waals surface area (Å²) in [5.41, 5.74) is 4.38. The quantitative estimate of drug-likeness (QED) is 0.757. The molecule has 2 heterocycles. The second kappa shape index (κ2) is 7.19. The molecule has 138 valence electrons. The van der Waals surface area contributed by atoms with Crippen molar-refractivity contribution in [2.75, 3.05) is 7.11 Å². The number of hydrogen-bond donors (Lipinski definition) is 1. The summed E-state index contributed by atoms with van der Waals surface area (Å²) in [6, 6.07) is 20.0. The van der Waals surface area contributed by atoms with Crippen molar-refractivity contribution in [1.82, 2.24) is 14.8 Å². The number of fused-ring (bicyclic) bond motifs is 3. The molecule has 1 N–H and O–H groups in total. The van der Waals surface area contributed by atoms with Crippen LogP contribution >= 0.6 is 0 Å². The molecule has 4 rings (SSSR count). The van der Waals surface area contributed by atoms with Gasteiger partial charge in [0.2, 0.25) is 0 Å². The van der Waals surface area contributed by atoms with Crippen LogP contribution in [0.5, 0.6) is 5.75 Å². The van der Waals surface area contributed by atoms with E-state index in [2.05, 4.69) is 41.2 Å². The summed E-state index contributed by atoms with van der Waals surface area (Å²) < 4.78 is 7.43.